The number of ether oxygens (including phenoxy) is 2. The van der Waals surface area contributed by atoms with Crippen LogP contribution < -0.4 is 10.3 Å². The number of rotatable bonds is 6. The van der Waals surface area contributed by atoms with E-state index in [1.54, 1.807) is 0 Å². The summed E-state index contributed by atoms with van der Waals surface area (Å²) in [4.78, 5) is 25.0. The third kappa shape index (κ3) is 2.93. The number of nitrogens with zero attached hydrogens (tertiary/aromatic N) is 1. The maximum absolute atomic E-state index is 14.9. The molecule has 0 saturated heterocycles. The molecule has 26 heavy (non-hydrogen) atoms. The maximum Gasteiger partial charge on any atom is 0.346 e. The molecule has 1 aliphatic rings. The highest BCUT2D eigenvalue weighted by molar-refractivity contribution is 5.96. The molecule has 140 valence electrons. The predicted molar refractivity (Wildman–Crippen MR) is 88.1 cm³/mol. The number of carbonyl (C=O) groups excluding carboxylic acids is 1. The molecule has 3 rings (SSSR count). The summed E-state index contributed by atoms with van der Waals surface area (Å²) in [6.07, 6.45) is 2.52. The van der Waals surface area contributed by atoms with Crippen molar-refractivity contribution >= 4 is 16.9 Å². The largest absolute Gasteiger partial charge is 0.491 e. The highest BCUT2D eigenvalue weighted by Gasteiger charge is 2.34. The van der Waals surface area contributed by atoms with Gasteiger partial charge in [0, 0.05) is 11.4 Å². The molecule has 0 amide bonds. The summed E-state index contributed by atoms with van der Waals surface area (Å²) >= 11 is 0. The van der Waals surface area contributed by atoms with Gasteiger partial charge in [-0.15, -0.1) is 0 Å². The van der Waals surface area contributed by atoms with E-state index >= 15 is 0 Å². The molecule has 0 spiro atoms. The lowest BCUT2D eigenvalue weighted by Gasteiger charge is -2.16. The fraction of sp³-hybridized carbons (Fsp3) is 0.444. The van der Waals surface area contributed by atoms with Gasteiger partial charge >= 0.3 is 5.97 Å². The van der Waals surface area contributed by atoms with Crippen LogP contribution in [0.4, 0.5) is 13.2 Å². The zero-order chi connectivity index (χ0) is 19.0. The van der Waals surface area contributed by atoms with E-state index in [4.69, 9.17) is 9.47 Å². The molecule has 1 aromatic carbocycles. The van der Waals surface area contributed by atoms with Crippen LogP contribution in [0.25, 0.3) is 10.9 Å². The molecule has 5 nitrogen and oxygen atoms in total. The molecule has 1 aliphatic carbocycles. The summed E-state index contributed by atoms with van der Waals surface area (Å²) in [5.41, 5.74) is -1.92. The summed E-state index contributed by atoms with van der Waals surface area (Å²) in [5.74, 6) is -5.55. The van der Waals surface area contributed by atoms with E-state index in [1.165, 1.54) is 0 Å². The number of benzene rings is 1. The van der Waals surface area contributed by atoms with Crippen molar-refractivity contribution in [2.45, 2.75) is 38.6 Å². The first kappa shape index (κ1) is 18.3. The molecule has 8 heteroatoms. The van der Waals surface area contributed by atoms with Crippen molar-refractivity contribution in [3.8, 4) is 5.75 Å². The van der Waals surface area contributed by atoms with Crippen LogP contribution in [0, 0.1) is 17.5 Å². The summed E-state index contributed by atoms with van der Waals surface area (Å²) in [5, 5.41) is -0.394. The van der Waals surface area contributed by atoms with Crippen LogP contribution in [0.3, 0.4) is 0 Å². The molecular formula is C18H18F3NO4. The van der Waals surface area contributed by atoms with E-state index in [2.05, 4.69) is 0 Å². The second-order valence-corrected chi connectivity index (χ2v) is 6.19. The second-order valence-electron chi connectivity index (χ2n) is 6.19. The Labute approximate surface area is 147 Å². The van der Waals surface area contributed by atoms with E-state index in [-0.39, 0.29) is 18.2 Å². The minimum atomic E-state index is -1.33. The van der Waals surface area contributed by atoms with Crippen molar-refractivity contribution in [3.05, 3.63) is 39.4 Å². The van der Waals surface area contributed by atoms with E-state index in [0.717, 1.165) is 18.1 Å². The minimum Gasteiger partial charge on any atom is -0.491 e. The molecule has 1 saturated carbocycles. The maximum atomic E-state index is 14.9. The Morgan fingerprint density at radius 1 is 1.27 bits per heavy atom. The number of fused-ring (bicyclic) bond motifs is 1. The number of aromatic nitrogens is 1. The van der Waals surface area contributed by atoms with Gasteiger partial charge in [-0.05, 0) is 25.3 Å². The van der Waals surface area contributed by atoms with Crippen molar-refractivity contribution in [2.75, 3.05) is 13.7 Å². The SMILES string of the molecule is CCCCOC(=O)c1c(F)c2cc(F)c(F)c(OC)c2n(C2CC2)c1=O. The Bertz CT molecular complexity index is 935. The number of hydrogen-bond donors (Lipinski definition) is 0. The van der Waals surface area contributed by atoms with Crippen molar-refractivity contribution in [1.29, 1.82) is 0 Å². The average molecular weight is 369 g/mol. The van der Waals surface area contributed by atoms with Crippen LogP contribution in [0.15, 0.2) is 10.9 Å². The smallest absolute Gasteiger partial charge is 0.346 e. The standard InChI is InChI=1S/C18H18F3NO4/c1-3-4-7-26-18(24)12-13(20)10-8-11(19)14(21)16(25-2)15(10)22(17(12)23)9-5-6-9/h8-9H,3-7H2,1-2H3. The van der Waals surface area contributed by atoms with Crippen molar-refractivity contribution in [1.82, 2.24) is 4.57 Å². The highest BCUT2D eigenvalue weighted by Crippen LogP contribution is 2.40. The average Bonchev–Trinajstić information content (AvgIpc) is 3.42. The second kappa shape index (κ2) is 7.01. The molecule has 0 bridgehead atoms. The topological polar surface area (TPSA) is 57.5 Å². The lowest BCUT2D eigenvalue weighted by atomic mass is 10.1. The number of unbranched alkanes of at least 4 members (excludes halogenated alkanes) is 1. The Kier molecular flexibility index (Phi) is 4.93. The van der Waals surface area contributed by atoms with E-state index in [0.29, 0.717) is 25.3 Å². The van der Waals surface area contributed by atoms with Gasteiger partial charge in [-0.1, -0.05) is 13.3 Å². The highest BCUT2D eigenvalue weighted by atomic mass is 19.2. The predicted octanol–water partition coefficient (Wildman–Crippen LogP) is 3.72. The first-order chi connectivity index (χ1) is 12.4. The van der Waals surface area contributed by atoms with Gasteiger partial charge in [0.1, 0.15) is 5.52 Å². The molecule has 2 aromatic rings. The molecule has 0 atom stereocenters. The van der Waals surface area contributed by atoms with Crippen molar-refractivity contribution in [3.63, 3.8) is 0 Å². The summed E-state index contributed by atoms with van der Waals surface area (Å²) in [6, 6.07) is 0.301. The van der Waals surface area contributed by atoms with Crippen molar-refractivity contribution in [2.24, 2.45) is 0 Å². The lowest BCUT2D eigenvalue weighted by Crippen LogP contribution is -2.30. The summed E-state index contributed by atoms with van der Waals surface area (Å²) < 4.78 is 53.8. The number of esters is 1. The molecular weight excluding hydrogens is 351 g/mol. The normalized spacial score (nSPS) is 13.9. The first-order valence-corrected chi connectivity index (χ1v) is 8.39. The third-order valence-electron chi connectivity index (χ3n) is 4.33. The molecule has 1 heterocycles. The van der Waals surface area contributed by atoms with Crippen LogP contribution in [0.5, 0.6) is 5.75 Å². The van der Waals surface area contributed by atoms with E-state index in [1.807, 2.05) is 6.92 Å². The first-order valence-electron chi connectivity index (χ1n) is 8.39. The minimum absolute atomic E-state index is 0.0385. The van der Waals surface area contributed by atoms with Gasteiger partial charge in [-0.25, -0.2) is 13.6 Å². The third-order valence-corrected chi connectivity index (χ3v) is 4.33. The number of hydrogen-bond acceptors (Lipinski definition) is 4. The van der Waals surface area contributed by atoms with Crippen molar-refractivity contribution < 1.29 is 27.4 Å². The molecule has 0 N–H and O–H groups in total. The summed E-state index contributed by atoms with van der Waals surface area (Å²) in [6.45, 7) is 1.92. The Balaban J connectivity index is 2.30. The van der Waals surface area contributed by atoms with Crippen LogP contribution in [-0.4, -0.2) is 24.3 Å². The molecule has 0 aliphatic heterocycles. The Morgan fingerprint density at radius 3 is 2.54 bits per heavy atom. The number of halogens is 3. The Morgan fingerprint density at radius 2 is 1.96 bits per heavy atom. The van der Waals surface area contributed by atoms with E-state index < -0.39 is 45.7 Å². The lowest BCUT2D eigenvalue weighted by molar-refractivity contribution is 0.0492. The number of pyridine rings is 1. The zero-order valence-corrected chi connectivity index (χ0v) is 14.4. The van der Waals surface area contributed by atoms with Crippen LogP contribution >= 0.6 is 0 Å². The van der Waals surface area contributed by atoms with E-state index in [9.17, 15) is 22.8 Å². The molecule has 0 unspecified atom stereocenters. The van der Waals surface area contributed by atoms with Gasteiger partial charge in [0.2, 0.25) is 5.82 Å². The van der Waals surface area contributed by atoms with Crippen LogP contribution in [-0.2, 0) is 4.74 Å². The van der Waals surface area contributed by atoms with Crippen LogP contribution in [0.2, 0.25) is 0 Å². The zero-order valence-electron chi connectivity index (χ0n) is 14.4. The van der Waals surface area contributed by atoms with Crippen LogP contribution in [0.1, 0.15) is 49.0 Å². The fourth-order valence-electron chi connectivity index (χ4n) is 2.88. The Hall–Kier alpha value is -2.51. The number of carbonyl (C=O) groups is 1. The van der Waals surface area contributed by atoms with Gasteiger partial charge in [-0.2, -0.15) is 4.39 Å². The molecule has 1 fully saturated rings. The van der Waals surface area contributed by atoms with Gasteiger partial charge < -0.3 is 14.0 Å². The molecule has 0 radical (unpaired) electrons. The monoisotopic (exact) mass is 369 g/mol. The molecule has 1 aromatic heterocycles. The summed E-state index contributed by atoms with van der Waals surface area (Å²) in [7, 11) is 1.10. The quantitative estimate of drug-likeness (QED) is 0.575. The fourth-order valence-corrected chi connectivity index (χ4v) is 2.88. The van der Waals surface area contributed by atoms with Gasteiger partial charge in [0.25, 0.3) is 5.56 Å². The van der Waals surface area contributed by atoms with Gasteiger partial charge in [-0.3, -0.25) is 4.79 Å². The van der Waals surface area contributed by atoms with Gasteiger partial charge in [0.15, 0.2) is 22.9 Å². The van der Waals surface area contributed by atoms with Gasteiger partial charge in [0.05, 0.1) is 13.7 Å². The number of methoxy groups -OCH3 is 1.